The molecule has 28 heavy (non-hydrogen) atoms. The topological polar surface area (TPSA) is 33.1 Å². The molecule has 0 saturated carbocycles. The molecule has 6 heteroatoms. The van der Waals surface area contributed by atoms with Crippen molar-refractivity contribution in [2.75, 3.05) is 0 Å². The normalized spacial score (nSPS) is 16.5. The zero-order chi connectivity index (χ0) is 20.6. The number of nitrogens with zero attached hydrogens (tertiary/aromatic N) is 1. The highest BCUT2D eigenvalue weighted by atomic mass is 19.4. The number of alkyl halides is 3. The number of pyridine rings is 1. The predicted octanol–water partition coefficient (Wildman–Crippen LogP) is 5.88. The minimum Gasteiger partial charge on any atom is -0.376 e. The first kappa shape index (κ1) is 20.3. The van der Waals surface area contributed by atoms with Crippen molar-refractivity contribution in [3.05, 3.63) is 77.7 Å². The second kappa shape index (κ2) is 7.17. The summed E-state index contributed by atoms with van der Waals surface area (Å²) in [5.74, 6) is -0.464. The maximum Gasteiger partial charge on any atom is 0.421 e. The number of hydrogen-bond acceptors (Lipinski definition) is 2. The average molecular weight is 391 g/mol. The number of hydrogen-bond donors (Lipinski definition) is 1. The van der Waals surface area contributed by atoms with E-state index in [0.29, 0.717) is 17.5 Å². The molecular formula is C22H21F4NO. The summed E-state index contributed by atoms with van der Waals surface area (Å²) in [5, 5.41) is 11.3. The van der Waals surface area contributed by atoms with Gasteiger partial charge in [-0.1, -0.05) is 44.2 Å². The van der Waals surface area contributed by atoms with E-state index in [2.05, 4.69) is 4.98 Å². The Morgan fingerprint density at radius 2 is 1.61 bits per heavy atom. The molecule has 2 atom stereocenters. The molecule has 2 unspecified atom stereocenters. The molecule has 3 rings (SSSR count). The first-order chi connectivity index (χ1) is 13.1. The fourth-order valence-electron chi connectivity index (χ4n) is 3.65. The Labute approximate surface area is 160 Å². The van der Waals surface area contributed by atoms with Crippen molar-refractivity contribution < 1.29 is 22.7 Å². The smallest absolute Gasteiger partial charge is 0.376 e. The molecule has 0 fully saturated rings. The van der Waals surface area contributed by atoms with Crippen LogP contribution in [0.3, 0.4) is 0 Å². The molecule has 0 bridgehead atoms. The van der Waals surface area contributed by atoms with Gasteiger partial charge in [-0.3, -0.25) is 4.98 Å². The number of halogens is 4. The Morgan fingerprint density at radius 1 is 0.964 bits per heavy atom. The molecule has 0 spiro atoms. The molecule has 0 aliphatic carbocycles. The highest BCUT2D eigenvalue weighted by molar-refractivity contribution is 5.82. The first-order valence-electron chi connectivity index (χ1n) is 9.00. The summed E-state index contributed by atoms with van der Waals surface area (Å²) in [6.07, 6.45) is -3.90. The van der Waals surface area contributed by atoms with E-state index in [0.717, 1.165) is 0 Å². The SMILES string of the molecule is CCC(C)(CC(O)(c1ccnc2ccccc12)C(F)(F)F)c1ccc(F)cc1. The van der Waals surface area contributed by atoms with Crippen LogP contribution in [0.5, 0.6) is 0 Å². The molecule has 1 heterocycles. The van der Waals surface area contributed by atoms with E-state index >= 15 is 0 Å². The first-order valence-corrected chi connectivity index (χ1v) is 9.00. The van der Waals surface area contributed by atoms with Crippen LogP contribution in [0.25, 0.3) is 10.9 Å². The van der Waals surface area contributed by atoms with Crippen molar-refractivity contribution in [1.82, 2.24) is 4.98 Å². The van der Waals surface area contributed by atoms with E-state index in [9.17, 15) is 22.7 Å². The number of aromatic nitrogens is 1. The molecule has 0 aliphatic rings. The molecule has 2 aromatic carbocycles. The summed E-state index contributed by atoms with van der Waals surface area (Å²) in [5.41, 5.74) is -3.43. The van der Waals surface area contributed by atoms with Gasteiger partial charge >= 0.3 is 6.18 Å². The van der Waals surface area contributed by atoms with Gasteiger partial charge in [0.25, 0.3) is 0 Å². The minimum atomic E-state index is -4.91. The van der Waals surface area contributed by atoms with E-state index in [1.807, 2.05) is 0 Å². The Hall–Kier alpha value is -2.47. The quantitative estimate of drug-likeness (QED) is 0.551. The van der Waals surface area contributed by atoms with E-state index in [-0.39, 0.29) is 10.9 Å². The maximum absolute atomic E-state index is 14.2. The average Bonchev–Trinajstić information content (AvgIpc) is 2.67. The third-order valence-corrected chi connectivity index (χ3v) is 5.53. The Kier molecular flexibility index (Phi) is 5.19. The van der Waals surface area contributed by atoms with Crippen molar-refractivity contribution in [3.63, 3.8) is 0 Å². The van der Waals surface area contributed by atoms with Crippen molar-refractivity contribution in [2.45, 2.75) is 43.9 Å². The highest BCUT2D eigenvalue weighted by Gasteiger charge is 2.58. The van der Waals surface area contributed by atoms with Crippen LogP contribution in [0.15, 0.2) is 60.8 Å². The highest BCUT2D eigenvalue weighted by Crippen LogP contribution is 2.49. The van der Waals surface area contributed by atoms with E-state index in [1.54, 1.807) is 32.0 Å². The lowest BCUT2D eigenvalue weighted by Crippen LogP contribution is -2.47. The van der Waals surface area contributed by atoms with Gasteiger partial charge in [-0.25, -0.2) is 4.39 Å². The molecule has 148 valence electrons. The van der Waals surface area contributed by atoms with E-state index in [1.165, 1.54) is 42.6 Å². The zero-order valence-corrected chi connectivity index (χ0v) is 15.6. The Morgan fingerprint density at radius 3 is 2.21 bits per heavy atom. The summed E-state index contributed by atoms with van der Waals surface area (Å²) in [6, 6.07) is 13.0. The van der Waals surface area contributed by atoms with Crippen molar-refractivity contribution in [1.29, 1.82) is 0 Å². The fraction of sp³-hybridized carbons (Fsp3) is 0.318. The molecule has 1 N–H and O–H groups in total. The monoisotopic (exact) mass is 391 g/mol. The van der Waals surface area contributed by atoms with Crippen LogP contribution < -0.4 is 0 Å². The van der Waals surface area contributed by atoms with Crippen LogP contribution in [-0.4, -0.2) is 16.3 Å². The summed E-state index contributed by atoms with van der Waals surface area (Å²) >= 11 is 0. The standard InChI is InChI=1S/C22H21F4NO/c1-3-20(2,15-8-10-16(23)11-9-15)14-21(28,22(24,25)26)18-12-13-27-19-7-5-4-6-17(18)19/h4-13,28H,3,14H2,1-2H3. The molecule has 0 amide bonds. The van der Waals surface area contributed by atoms with Crippen molar-refractivity contribution in [3.8, 4) is 0 Å². The van der Waals surface area contributed by atoms with Gasteiger partial charge in [-0.15, -0.1) is 0 Å². The lowest BCUT2D eigenvalue weighted by atomic mass is 9.69. The van der Waals surface area contributed by atoms with Gasteiger partial charge in [-0.2, -0.15) is 13.2 Å². The van der Waals surface area contributed by atoms with Crippen LogP contribution in [0, 0.1) is 5.82 Å². The van der Waals surface area contributed by atoms with Gasteiger partial charge in [0.05, 0.1) is 5.52 Å². The lowest BCUT2D eigenvalue weighted by molar-refractivity contribution is -0.273. The summed E-state index contributed by atoms with van der Waals surface area (Å²) < 4.78 is 56.0. The molecular weight excluding hydrogens is 370 g/mol. The second-order valence-electron chi connectivity index (χ2n) is 7.33. The number of aliphatic hydroxyl groups is 1. The second-order valence-corrected chi connectivity index (χ2v) is 7.33. The van der Waals surface area contributed by atoms with Gasteiger partial charge < -0.3 is 5.11 Å². The predicted molar refractivity (Wildman–Crippen MR) is 100 cm³/mol. The van der Waals surface area contributed by atoms with Crippen molar-refractivity contribution >= 4 is 10.9 Å². The summed E-state index contributed by atoms with van der Waals surface area (Å²) in [6.45, 7) is 3.41. The molecule has 0 saturated heterocycles. The fourth-order valence-corrected chi connectivity index (χ4v) is 3.65. The van der Waals surface area contributed by atoms with Gasteiger partial charge in [0.15, 0.2) is 5.60 Å². The number of para-hydroxylation sites is 1. The molecule has 3 aromatic rings. The van der Waals surface area contributed by atoms with Crippen LogP contribution in [0.2, 0.25) is 0 Å². The largest absolute Gasteiger partial charge is 0.421 e. The van der Waals surface area contributed by atoms with Crippen LogP contribution in [-0.2, 0) is 11.0 Å². The van der Waals surface area contributed by atoms with Gasteiger partial charge in [0.1, 0.15) is 5.82 Å². The number of rotatable bonds is 5. The molecule has 0 radical (unpaired) electrons. The number of benzene rings is 2. The molecule has 1 aromatic heterocycles. The minimum absolute atomic E-state index is 0.229. The third kappa shape index (κ3) is 3.49. The maximum atomic E-state index is 14.2. The van der Waals surface area contributed by atoms with Gasteiger partial charge in [0, 0.05) is 17.1 Å². The van der Waals surface area contributed by atoms with Gasteiger partial charge in [0.2, 0.25) is 0 Å². The Bertz CT molecular complexity index is 965. The lowest BCUT2D eigenvalue weighted by Gasteiger charge is -2.40. The number of fused-ring (bicyclic) bond motifs is 1. The van der Waals surface area contributed by atoms with Crippen LogP contribution >= 0.6 is 0 Å². The van der Waals surface area contributed by atoms with Crippen LogP contribution in [0.1, 0.15) is 37.8 Å². The Balaban J connectivity index is 2.18. The third-order valence-electron chi connectivity index (χ3n) is 5.53. The van der Waals surface area contributed by atoms with Crippen LogP contribution in [0.4, 0.5) is 17.6 Å². The summed E-state index contributed by atoms with van der Waals surface area (Å²) in [4.78, 5) is 4.10. The van der Waals surface area contributed by atoms with E-state index < -0.39 is 29.4 Å². The molecule has 0 aliphatic heterocycles. The zero-order valence-electron chi connectivity index (χ0n) is 15.6. The molecule has 2 nitrogen and oxygen atoms in total. The van der Waals surface area contributed by atoms with Gasteiger partial charge in [-0.05, 0) is 48.1 Å². The van der Waals surface area contributed by atoms with E-state index in [4.69, 9.17) is 0 Å². The van der Waals surface area contributed by atoms with Crippen molar-refractivity contribution in [2.24, 2.45) is 0 Å². The summed E-state index contributed by atoms with van der Waals surface area (Å²) in [7, 11) is 0.